The third-order valence-electron chi connectivity index (χ3n) is 4.03. The first-order valence-electron chi connectivity index (χ1n) is 7.84. The molecule has 0 radical (unpaired) electrons. The number of nitrogens with one attached hydrogen (secondary N) is 2. The third kappa shape index (κ3) is 3.32. The van der Waals surface area contributed by atoms with Gasteiger partial charge in [0.05, 0.1) is 15.6 Å². The zero-order chi connectivity index (χ0) is 18.3. The van der Waals surface area contributed by atoms with Gasteiger partial charge in [-0.15, -0.1) is 22.9 Å². The van der Waals surface area contributed by atoms with E-state index >= 15 is 0 Å². The van der Waals surface area contributed by atoms with Gasteiger partial charge in [0.25, 0.3) is 11.5 Å². The number of halogens is 1. The SMILES string of the molecule is Cc1ccc(NC(=O)c2sc3nc(C(C)Cl)[nH]c(=O)c3c2C)c(C)c1. The molecule has 1 unspecified atom stereocenters. The van der Waals surface area contributed by atoms with Gasteiger partial charge in [-0.05, 0) is 44.9 Å². The maximum atomic E-state index is 12.7. The number of benzene rings is 1. The van der Waals surface area contributed by atoms with Crippen LogP contribution < -0.4 is 10.9 Å². The number of nitrogens with zero attached hydrogens (tertiary/aromatic N) is 1. The Morgan fingerprint density at radius 2 is 2.04 bits per heavy atom. The minimum Gasteiger partial charge on any atom is -0.321 e. The number of anilines is 1. The molecular formula is C18H18ClN3O2S. The average Bonchev–Trinajstić information content (AvgIpc) is 2.87. The van der Waals surface area contributed by atoms with Gasteiger partial charge in [0.15, 0.2) is 0 Å². The number of aromatic amines is 1. The Labute approximate surface area is 154 Å². The summed E-state index contributed by atoms with van der Waals surface area (Å²) in [6, 6.07) is 5.83. The molecule has 0 fully saturated rings. The van der Waals surface area contributed by atoms with E-state index in [-0.39, 0.29) is 11.5 Å². The normalized spacial score (nSPS) is 12.4. The number of fused-ring (bicyclic) bond motifs is 1. The van der Waals surface area contributed by atoms with Gasteiger partial charge in [-0.1, -0.05) is 17.7 Å². The smallest absolute Gasteiger partial charge is 0.266 e. The topological polar surface area (TPSA) is 74.8 Å². The number of thiophene rings is 1. The van der Waals surface area contributed by atoms with Crippen LogP contribution in [0.1, 0.15) is 44.5 Å². The van der Waals surface area contributed by atoms with Crippen molar-refractivity contribution in [3.63, 3.8) is 0 Å². The van der Waals surface area contributed by atoms with Crippen molar-refractivity contribution in [1.29, 1.82) is 0 Å². The van der Waals surface area contributed by atoms with Crippen LogP contribution in [0.25, 0.3) is 10.2 Å². The minimum atomic E-state index is -0.410. The predicted octanol–water partition coefficient (Wildman–Crippen LogP) is 4.46. The van der Waals surface area contributed by atoms with E-state index < -0.39 is 5.38 Å². The number of rotatable bonds is 3. The van der Waals surface area contributed by atoms with Crippen molar-refractivity contribution < 1.29 is 4.79 Å². The molecule has 0 spiro atoms. The van der Waals surface area contributed by atoms with Crippen LogP contribution in [-0.4, -0.2) is 15.9 Å². The number of amides is 1. The van der Waals surface area contributed by atoms with Crippen molar-refractivity contribution in [2.75, 3.05) is 5.32 Å². The molecule has 130 valence electrons. The van der Waals surface area contributed by atoms with Crippen LogP contribution in [-0.2, 0) is 0 Å². The van der Waals surface area contributed by atoms with E-state index in [1.54, 1.807) is 13.8 Å². The summed E-state index contributed by atoms with van der Waals surface area (Å²) < 4.78 is 0. The van der Waals surface area contributed by atoms with Gasteiger partial charge in [0, 0.05) is 5.69 Å². The highest BCUT2D eigenvalue weighted by atomic mass is 35.5. The number of alkyl halides is 1. The molecule has 2 N–H and O–H groups in total. The maximum absolute atomic E-state index is 12.7. The Hall–Kier alpha value is -2.18. The molecule has 0 saturated carbocycles. The number of carbonyl (C=O) groups excluding carboxylic acids is 1. The minimum absolute atomic E-state index is 0.243. The number of hydrogen-bond acceptors (Lipinski definition) is 4. The van der Waals surface area contributed by atoms with E-state index in [0.29, 0.717) is 26.5 Å². The van der Waals surface area contributed by atoms with Gasteiger partial charge in [0.2, 0.25) is 0 Å². The van der Waals surface area contributed by atoms with Gasteiger partial charge in [0.1, 0.15) is 10.7 Å². The van der Waals surface area contributed by atoms with Crippen molar-refractivity contribution in [1.82, 2.24) is 9.97 Å². The first-order valence-corrected chi connectivity index (χ1v) is 9.09. The molecule has 0 aliphatic rings. The number of aryl methyl sites for hydroxylation is 3. The highest BCUT2D eigenvalue weighted by Crippen LogP contribution is 2.29. The van der Waals surface area contributed by atoms with Crippen LogP contribution in [0, 0.1) is 20.8 Å². The zero-order valence-corrected chi connectivity index (χ0v) is 15.9. The highest BCUT2D eigenvalue weighted by molar-refractivity contribution is 7.20. The van der Waals surface area contributed by atoms with E-state index in [0.717, 1.165) is 16.8 Å². The lowest BCUT2D eigenvalue weighted by molar-refractivity contribution is 0.103. The molecule has 0 saturated heterocycles. The number of carbonyl (C=O) groups is 1. The van der Waals surface area contributed by atoms with Gasteiger partial charge in [-0.3, -0.25) is 9.59 Å². The molecule has 1 aromatic carbocycles. The molecule has 1 atom stereocenters. The Morgan fingerprint density at radius 1 is 1.32 bits per heavy atom. The van der Waals surface area contributed by atoms with Crippen LogP contribution in [0.2, 0.25) is 0 Å². The largest absolute Gasteiger partial charge is 0.321 e. The Bertz CT molecular complexity index is 1040. The second-order valence-electron chi connectivity index (χ2n) is 6.08. The van der Waals surface area contributed by atoms with Crippen LogP contribution in [0.3, 0.4) is 0 Å². The zero-order valence-electron chi connectivity index (χ0n) is 14.4. The summed E-state index contributed by atoms with van der Waals surface area (Å²) in [7, 11) is 0. The lowest BCUT2D eigenvalue weighted by Crippen LogP contribution is -2.14. The quantitative estimate of drug-likeness (QED) is 0.663. The lowest BCUT2D eigenvalue weighted by atomic mass is 10.1. The van der Waals surface area contributed by atoms with Crippen molar-refractivity contribution in [2.45, 2.75) is 33.1 Å². The van der Waals surface area contributed by atoms with Crippen LogP contribution >= 0.6 is 22.9 Å². The summed E-state index contributed by atoms with van der Waals surface area (Å²) in [4.78, 5) is 33.1. The Balaban J connectivity index is 2.03. The molecule has 5 nitrogen and oxygen atoms in total. The Kier molecular flexibility index (Phi) is 4.67. The highest BCUT2D eigenvalue weighted by Gasteiger charge is 2.20. The molecule has 0 aliphatic heterocycles. The lowest BCUT2D eigenvalue weighted by Gasteiger charge is -2.08. The van der Waals surface area contributed by atoms with Crippen molar-refractivity contribution >= 4 is 44.7 Å². The van der Waals surface area contributed by atoms with E-state index in [4.69, 9.17) is 11.6 Å². The maximum Gasteiger partial charge on any atom is 0.266 e. The molecule has 2 aromatic heterocycles. The molecule has 25 heavy (non-hydrogen) atoms. The van der Waals surface area contributed by atoms with Crippen LogP contribution in [0.4, 0.5) is 5.69 Å². The fourth-order valence-electron chi connectivity index (χ4n) is 2.70. The third-order valence-corrected chi connectivity index (χ3v) is 5.42. The molecule has 0 bridgehead atoms. The summed E-state index contributed by atoms with van der Waals surface area (Å²) >= 11 is 7.22. The van der Waals surface area contributed by atoms with Gasteiger partial charge < -0.3 is 10.3 Å². The van der Waals surface area contributed by atoms with E-state index in [9.17, 15) is 9.59 Å². The molecule has 3 aromatic rings. The molecule has 3 rings (SSSR count). The monoisotopic (exact) mass is 375 g/mol. The first kappa shape index (κ1) is 17.6. The fourth-order valence-corrected chi connectivity index (χ4v) is 3.89. The standard InChI is InChI=1S/C18H18ClN3O2S/c1-8-5-6-12(9(2)7-8)20-17(24)14-10(3)13-16(23)21-15(11(4)19)22-18(13)25-14/h5-7,11H,1-4H3,(H,20,24)(H,21,22,23). The van der Waals surface area contributed by atoms with E-state index in [2.05, 4.69) is 15.3 Å². The van der Waals surface area contributed by atoms with Crippen molar-refractivity contribution in [3.05, 3.63) is 55.9 Å². The van der Waals surface area contributed by atoms with E-state index in [1.165, 1.54) is 11.3 Å². The summed E-state index contributed by atoms with van der Waals surface area (Å²) in [5.74, 6) is 0.161. The van der Waals surface area contributed by atoms with Gasteiger partial charge in [-0.2, -0.15) is 0 Å². The molecule has 2 heterocycles. The van der Waals surface area contributed by atoms with Crippen LogP contribution in [0.5, 0.6) is 0 Å². The van der Waals surface area contributed by atoms with Crippen molar-refractivity contribution in [3.8, 4) is 0 Å². The molecular weight excluding hydrogens is 358 g/mol. The molecule has 0 aliphatic carbocycles. The molecule has 1 amide bonds. The summed E-state index contributed by atoms with van der Waals surface area (Å²) in [5.41, 5.74) is 3.23. The number of aromatic nitrogens is 2. The predicted molar refractivity (Wildman–Crippen MR) is 103 cm³/mol. The van der Waals surface area contributed by atoms with Gasteiger partial charge >= 0.3 is 0 Å². The fraction of sp³-hybridized carbons (Fsp3) is 0.278. The number of H-pyrrole nitrogens is 1. The summed E-state index contributed by atoms with van der Waals surface area (Å²) in [5, 5.41) is 2.95. The second kappa shape index (κ2) is 6.61. The van der Waals surface area contributed by atoms with Crippen molar-refractivity contribution in [2.24, 2.45) is 0 Å². The first-order chi connectivity index (χ1) is 11.8. The summed E-state index contributed by atoms with van der Waals surface area (Å²) in [6.45, 7) is 7.44. The number of hydrogen-bond donors (Lipinski definition) is 2. The Morgan fingerprint density at radius 3 is 2.68 bits per heavy atom. The molecule has 7 heteroatoms. The average molecular weight is 376 g/mol. The second-order valence-corrected chi connectivity index (χ2v) is 7.73. The van der Waals surface area contributed by atoms with Gasteiger partial charge in [-0.25, -0.2) is 4.98 Å². The van der Waals surface area contributed by atoms with E-state index in [1.807, 2.05) is 32.0 Å². The van der Waals surface area contributed by atoms with Crippen LogP contribution in [0.15, 0.2) is 23.0 Å². The summed E-state index contributed by atoms with van der Waals surface area (Å²) in [6.07, 6.45) is 0.